The minimum atomic E-state index is -1.20. The maximum Gasteiger partial charge on any atom is 0.414 e. The molecule has 0 saturated carbocycles. The molecule has 1 atom stereocenters. The Bertz CT molecular complexity index is 491. The van der Waals surface area contributed by atoms with E-state index in [0.717, 1.165) is 23.3 Å². The minimum absolute atomic E-state index is 0.150. The second-order valence-electron chi connectivity index (χ2n) is 5.25. The van der Waals surface area contributed by atoms with E-state index in [1.807, 2.05) is 30.3 Å². The number of hydrogen-bond acceptors (Lipinski definition) is 4. The Balaban J connectivity index is 1.63. The third-order valence-electron chi connectivity index (χ3n) is 3.56. The summed E-state index contributed by atoms with van der Waals surface area (Å²) >= 11 is 0. The van der Waals surface area contributed by atoms with Crippen molar-refractivity contribution in [3.8, 4) is 0 Å². The standard InChI is InChI=1S/C16H21NO5/c18-15-12-22-11-14(17(15)16(19)20)8-4-5-9-21-10-13-6-2-1-3-7-13/h1-3,6-7,14H,4-5,8-12H2,(H,19,20)/t14-/m1/s1. The van der Waals surface area contributed by atoms with Gasteiger partial charge in [-0.2, -0.15) is 0 Å². The number of carbonyl (C=O) groups excluding carboxylic acids is 1. The van der Waals surface area contributed by atoms with Gasteiger partial charge in [-0.3, -0.25) is 4.79 Å². The number of hydrogen-bond donors (Lipinski definition) is 1. The molecule has 1 heterocycles. The van der Waals surface area contributed by atoms with Gasteiger partial charge >= 0.3 is 6.09 Å². The average molecular weight is 307 g/mol. The number of nitrogens with zero attached hydrogens (tertiary/aromatic N) is 1. The van der Waals surface area contributed by atoms with Crippen LogP contribution in [0.5, 0.6) is 0 Å². The molecule has 1 aliphatic rings. The van der Waals surface area contributed by atoms with Crippen LogP contribution in [0, 0.1) is 0 Å². The van der Waals surface area contributed by atoms with E-state index in [9.17, 15) is 9.59 Å². The number of benzene rings is 1. The average Bonchev–Trinajstić information content (AvgIpc) is 2.51. The van der Waals surface area contributed by atoms with Gasteiger partial charge in [0.25, 0.3) is 5.91 Å². The molecule has 0 aromatic heterocycles. The highest BCUT2D eigenvalue weighted by molar-refractivity contribution is 5.92. The van der Waals surface area contributed by atoms with E-state index in [2.05, 4.69) is 0 Å². The lowest BCUT2D eigenvalue weighted by Crippen LogP contribution is -2.51. The largest absolute Gasteiger partial charge is 0.465 e. The van der Waals surface area contributed by atoms with E-state index >= 15 is 0 Å². The summed E-state index contributed by atoms with van der Waals surface area (Å²) in [6.07, 6.45) is 1.02. The molecule has 0 spiro atoms. The Morgan fingerprint density at radius 3 is 2.82 bits per heavy atom. The monoisotopic (exact) mass is 307 g/mol. The molecule has 22 heavy (non-hydrogen) atoms. The van der Waals surface area contributed by atoms with Gasteiger partial charge in [0, 0.05) is 6.61 Å². The highest BCUT2D eigenvalue weighted by atomic mass is 16.5. The van der Waals surface area contributed by atoms with Crippen molar-refractivity contribution in [3.63, 3.8) is 0 Å². The van der Waals surface area contributed by atoms with E-state index in [1.54, 1.807) is 0 Å². The molecular formula is C16H21NO5. The summed E-state index contributed by atoms with van der Waals surface area (Å²) in [4.78, 5) is 23.5. The van der Waals surface area contributed by atoms with Gasteiger partial charge in [-0.1, -0.05) is 30.3 Å². The van der Waals surface area contributed by atoms with Crippen LogP contribution in [0.25, 0.3) is 0 Å². The normalized spacial score (nSPS) is 18.5. The fraction of sp³-hybridized carbons (Fsp3) is 0.500. The number of unbranched alkanes of at least 4 members (excludes halogenated alkanes) is 1. The zero-order valence-electron chi connectivity index (χ0n) is 12.4. The quantitative estimate of drug-likeness (QED) is 0.782. The Kier molecular flexibility index (Phi) is 6.36. The first-order chi connectivity index (χ1) is 10.7. The lowest BCUT2D eigenvalue weighted by atomic mass is 10.1. The third-order valence-corrected chi connectivity index (χ3v) is 3.56. The topological polar surface area (TPSA) is 76.1 Å². The van der Waals surface area contributed by atoms with Gasteiger partial charge in [0.2, 0.25) is 0 Å². The molecule has 6 nitrogen and oxygen atoms in total. The Morgan fingerprint density at radius 1 is 1.32 bits per heavy atom. The van der Waals surface area contributed by atoms with Gasteiger partial charge in [-0.05, 0) is 24.8 Å². The number of amides is 2. The molecule has 1 N–H and O–H groups in total. The van der Waals surface area contributed by atoms with Crippen LogP contribution >= 0.6 is 0 Å². The molecule has 2 rings (SSSR count). The fourth-order valence-electron chi connectivity index (χ4n) is 2.45. The van der Waals surface area contributed by atoms with Crippen molar-refractivity contribution in [2.75, 3.05) is 19.8 Å². The molecule has 120 valence electrons. The molecule has 1 aliphatic heterocycles. The number of carboxylic acid groups (broad SMARTS) is 1. The van der Waals surface area contributed by atoms with Crippen LogP contribution < -0.4 is 0 Å². The predicted octanol–water partition coefficient (Wildman–Crippen LogP) is 2.28. The van der Waals surface area contributed by atoms with Crippen molar-refractivity contribution in [2.45, 2.75) is 31.9 Å². The molecular weight excluding hydrogens is 286 g/mol. The van der Waals surface area contributed by atoms with Crippen LogP contribution in [-0.4, -0.2) is 47.9 Å². The molecule has 1 aromatic rings. The summed E-state index contributed by atoms with van der Waals surface area (Å²) in [6, 6.07) is 9.54. The molecule has 0 aliphatic carbocycles. The number of morpholine rings is 1. The summed E-state index contributed by atoms with van der Waals surface area (Å²) in [5, 5.41) is 9.07. The minimum Gasteiger partial charge on any atom is -0.465 e. The van der Waals surface area contributed by atoms with E-state index in [4.69, 9.17) is 14.6 Å². The van der Waals surface area contributed by atoms with Crippen molar-refractivity contribution in [1.82, 2.24) is 4.90 Å². The van der Waals surface area contributed by atoms with E-state index in [1.165, 1.54) is 0 Å². The van der Waals surface area contributed by atoms with Crippen LogP contribution in [0.2, 0.25) is 0 Å². The Labute approximate surface area is 129 Å². The highest BCUT2D eigenvalue weighted by Gasteiger charge is 2.33. The molecule has 6 heteroatoms. The SMILES string of the molecule is O=C(O)N1C(=O)COC[C@H]1CCCCOCc1ccccc1. The van der Waals surface area contributed by atoms with Crippen LogP contribution in [0.1, 0.15) is 24.8 Å². The first kappa shape index (κ1) is 16.5. The molecule has 1 aromatic carbocycles. The van der Waals surface area contributed by atoms with Crippen LogP contribution in [0.15, 0.2) is 30.3 Å². The van der Waals surface area contributed by atoms with E-state index in [0.29, 0.717) is 19.6 Å². The van der Waals surface area contributed by atoms with Crippen LogP contribution in [-0.2, 0) is 20.9 Å². The van der Waals surface area contributed by atoms with Gasteiger partial charge in [0.1, 0.15) is 6.61 Å². The van der Waals surface area contributed by atoms with Crippen LogP contribution in [0.4, 0.5) is 4.79 Å². The summed E-state index contributed by atoms with van der Waals surface area (Å²) in [7, 11) is 0. The molecule has 0 radical (unpaired) electrons. The number of carbonyl (C=O) groups is 2. The molecule has 0 unspecified atom stereocenters. The Hall–Kier alpha value is -1.92. The Morgan fingerprint density at radius 2 is 2.09 bits per heavy atom. The second kappa shape index (κ2) is 8.51. The zero-order chi connectivity index (χ0) is 15.8. The third kappa shape index (κ3) is 4.82. The first-order valence-corrected chi connectivity index (χ1v) is 7.43. The predicted molar refractivity (Wildman–Crippen MR) is 79.4 cm³/mol. The lowest BCUT2D eigenvalue weighted by Gasteiger charge is -2.31. The molecule has 0 bridgehead atoms. The lowest BCUT2D eigenvalue weighted by molar-refractivity contribution is -0.144. The van der Waals surface area contributed by atoms with Gasteiger partial charge in [0.15, 0.2) is 0 Å². The van der Waals surface area contributed by atoms with Gasteiger partial charge < -0.3 is 14.6 Å². The summed E-state index contributed by atoms with van der Waals surface area (Å²) in [6.45, 7) is 1.32. The summed E-state index contributed by atoms with van der Waals surface area (Å²) in [5.74, 6) is -0.482. The smallest absolute Gasteiger partial charge is 0.414 e. The van der Waals surface area contributed by atoms with E-state index in [-0.39, 0.29) is 19.3 Å². The number of rotatable bonds is 7. The van der Waals surface area contributed by atoms with E-state index < -0.39 is 12.0 Å². The number of ether oxygens (including phenoxy) is 2. The molecule has 1 saturated heterocycles. The fourth-order valence-corrected chi connectivity index (χ4v) is 2.45. The summed E-state index contributed by atoms with van der Waals surface area (Å²) in [5.41, 5.74) is 1.13. The van der Waals surface area contributed by atoms with Gasteiger partial charge in [0.05, 0.1) is 19.3 Å². The maximum atomic E-state index is 11.5. The first-order valence-electron chi connectivity index (χ1n) is 7.43. The summed E-state index contributed by atoms with van der Waals surface area (Å²) < 4.78 is 10.7. The zero-order valence-corrected chi connectivity index (χ0v) is 12.4. The highest BCUT2D eigenvalue weighted by Crippen LogP contribution is 2.15. The van der Waals surface area contributed by atoms with Gasteiger partial charge in [-0.15, -0.1) is 0 Å². The van der Waals surface area contributed by atoms with Crippen molar-refractivity contribution in [1.29, 1.82) is 0 Å². The van der Waals surface area contributed by atoms with Crippen molar-refractivity contribution >= 4 is 12.0 Å². The number of imide groups is 1. The maximum absolute atomic E-state index is 11.5. The second-order valence-corrected chi connectivity index (χ2v) is 5.25. The van der Waals surface area contributed by atoms with Crippen molar-refractivity contribution in [3.05, 3.63) is 35.9 Å². The van der Waals surface area contributed by atoms with Crippen molar-refractivity contribution < 1.29 is 24.2 Å². The van der Waals surface area contributed by atoms with Gasteiger partial charge in [-0.25, -0.2) is 9.69 Å². The molecule has 1 fully saturated rings. The molecule has 2 amide bonds. The van der Waals surface area contributed by atoms with Crippen molar-refractivity contribution in [2.24, 2.45) is 0 Å². The van der Waals surface area contributed by atoms with Crippen LogP contribution in [0.3, 0.4) is 0 Å².